The van der Waals surface area contributed by atoms with Crippen molar-refractivity contribution in [2.24, 2.45) is 0 Å². The van der Waals surface area contributed by atoms with Crippen LogP contribution in [-0.2, 0) is 0 Å². The first-order valence-corrected chi connectivity index (χ1v) is 10.7. The maximum Gasteiger partial charge on any atom is 0.264 e. The van der Waals surface area contributed by atoms with Crippen molar-refractivity contribution < 1.29 is 4.79 Å². The zero-order valence-electron chi connectivity index (χ0n) is 14.9. The lowest BCUT2D eigenvalue weighted by atomic mass is 10.0. The molecule has 0 fully saturated rings. The number of halogens is 1. The number of hydrogen-bond donors (Lipinski definition) is 1. The predicted molar refractivity (Wildman–Crippen MR) is 115 cm³/mol. The first-order chi connectivity index (χ1) is 13.6. The number of aromatic nitrogens is 2. The third kappa shape index (κ3) is 3.99. The summed E-state index contributed by atoms with van der Waals surface area (Å²) in [6.45, 7) is 1.85. The molecule has 0 spiro atoms. The number of nitrogens with one attached hydrogen (secondary N) is 1. The third-order valence-electron chi connectivity index (χ3n) is 4.24. The number of aryl methyl sites for hydroxylation is 1. The Labute approximate surface area is 175 Å². The van der Waals surface area contributed by atoms with Crippen LogP contribution in [0.3, 0.4) is 0 Å². The van der Waals surface area contributed by atoms with Crippen molar-refractivity contribution in [2.45, 2.75) is 13.0 Å². The van der Waals surface area contributed by atoms with Crippen LogP contribution in [0.15, 0.2) is 65.5 Å². The number of hydrogen-bond acceptors (Lipinski definition) is 5. The lowest BCUT2D eigenvalue weighted by Crippen LogP contribution is -2.29. The number of pyridine rings is 1. The summed E-state index contributed by atoms with van der Waals surface area (Å²) in [4.78, 5) is 22.5. The molecule has 4 aromatic rings. The standard InChI is InChI=1S/C21H16ClN3OS2/c1-13-19(28-21(24-13)17-4-2-3-10-23-17)20(26)25-18(15-9-11-27-12-15)14-5-7-16(22)8-6-14/h2-12,18H,1H3,(H,25,26). The first kappa shape index (κ1) is 18.8. The van der Waals surface area contributed by atoms with Gasteiger partial charge in [0.05, 0.1) is 17.4 Å². The van der Waals surface area contributed by atoms with Gasteiger partial charge in [-0.15, -0.1) is 11.3 Å². The molecule has 0 saturated carbocycles. The van der Waals surface area contributed by atoms with Gasteiger partial charge < -0.3 is 5.32 Å². The molecule has 7 heteroatoms. The summed E-state index contributed by atoms with van der Waals surface area (Å²) >= 11 is 8.98. The molecule has 3 heterocycles. The van der Waals surface area contributed by atoms with E-state index < -0.39 is 0 Å². The van der Waals surface area contributed by atoms with Crippen molar-refractivity contribution in [1.29, 1.82) is 0 Å². The van der Waals surface area contributed by atoms with Gasteiger partial charge in [-0.1, -0.05) is 29.8 Å². The van der Waals surface area contributed by atoms with Crippen LogP contribution in [0.2, 0.25) is 5.02 Å². The summed E-state index contributed by atoms with van der Waals surface area (Å²) in [5.41, 5.74) is 3.47. The molecular formula is C21H16ClN3OS2. The normalized spacial score (nSPS) is 11.9. The number of thiazole rings is 1. The molecule has 1 atom stereocenters. The fourth-order valence-corrected chi connectivity index (χ4v) is 4.61. The second kappa shape index (κ2) is 8.22. The smallest absolute Gasteiger partial charge is 0.264 e. The number of benzene rings is 1. The number of amides is 1. The Balaban J connectivity index is 1.63. The van der Waals surface area contributed by atoms with Gasteiger partial charge in [0, 0.05) is 11.2 Å². The van der Waals surface area contributed by atoms with Gasteiger partial charge >= 0.3 is 0 Å². The molecule has 0 aliphatic heterocycles. The average molecular weight is 426 g/mol. The Kier molecular flexibility index (Phi) is 5.52. The molecule has 1 amide bonds. The summed E-state index contributed by atoms with van der Waals surface area (Å²) < 4.78 is 0. The van der Waals surface area contributed by atoms with E-state index in [0.717, 1.165) is 21.8 Å². The zero-order chi connectivity index (χ0) is 19.5. The number of rotatable bonds is 5. The Morgan fingerprint density at radius 2 is 1.93 bits per heavy atom. The minimum Gasteiger partial charge on any atom is -0.340 e. The summed E-state index contributed by atoms with van der Waals surface area (Å²) in [6.07, 6.45) is 1.72. The van der Waals surface area contributed by atoms with Gasteiger partial charge in [0.25, 0.3) is 5.91 Å². The molecular weight excluding hydrogens is 410 g/mol. The van der Waals surface area contributed by atoms with E-state index in [1.165, 1.54) is 11.3 Å². The van der Waals surface area contributed by atoms with Crippen molar-refractivity contribution in [3.63, 3.8) is 0 Å². The first-order valence-electron chi connectivity index (χ1n) is 8.59. The van der Waals surface area contributed by atoms with Crippen LogP contribution in [0.1, 0.15) is 32.5 Å². The zero-order valence-corrected chi connectivity index (χ0v) is 17.3. The van der Waals surface area contributed by atoms with Crippen LogP contribution in [0.25, 0.3) is 10.7 Å². The maximum atomic E-state index is 13.1. The molecule has 1 N–H and O–H groups in total. The Hall–Kier alpha value is -2.54. The largest absolute Gasteiger partial charge is 0.340 e. The Morgan fingerprint density at radius 3 is 2.61 bits per heavy atom. The molecule has 4 rings (SSSR count). The Bertz CT molecular complexity index is 1080. The van der Waals surface area contributed by atoms with Gasteiger partial charge in [-0.05, 0) is 59.1 Å². The molecule has 3 aromatic heterocycles. The molecule has 1 aromatic carbocycles. The van der Waals surface area contributed by atoms with Crippen molar-refractivity contribution >= 4 is 40.2 Å². The lowest BCUT2D eigenvalue weighted by molar-refractivity contribution is 0.0946. The van der Waals surface area contributed by atoms with Gasteiger partial charge in [-0.2, -0.15) is 11.3 Å². The highest BCUT2D eigenvalue weighted by atomic mass is 35.5. The molecule has 140 valence electrons. The van der Waals surface area contributed by atoms with Gasteiger partial charge in [-0.3, -0.25) is 9.78 Å². The van der Waals surface area contributed by atoms with Crippen molar-refractivity contribution in [2.75, 3.05) is 0 Å². The summed E-state index contributed by atoms with van der Waals surface area (Å²) in [5, 5.41) is 8.60. The van der Waals surface area contributed by atoms with Crippen LogP contribution >= 0.6 is 34.3 Å². The number of thiophene rings is 1. The van der Waals surface area contributed by atoms with E-state index in [4.69, 9.17) is 11.6 Å². The summed E-state index contributed by atoms with van der Waals surface area (Å²) in [6, 6.07) is 15.0. The van der Waals surface area contributed by atoms with Crippen molar-refractivity contribution in [3.8, 4) is 10.7 Å². The van der Waals surface area contributed by atoms with E-state index >= 15 is 0 Å². The highest BCUT2D eigenvalue weighted by molar-refractivity contribution is 7.17. The highest BCUT2D eigenvalue weighted by Gasteiger charge is 2.22. The fourth-order valence-electron chi connectivity index (χ4n) is 2.86. The quantitative estimate of drug-likeness (QED) is 0.443. The van der Waals surface area contributed by atoms with E-state index in [1.54, 1.807) is 17.5 Å². The van der Waals surface area contributed by atoms with Gasteiger partial charge in [0.1, 0.15) is 9.88 Å². The minimum atomic E-state index is -0.254. The molecule has 0 bridgehead atoms. The van der Waals surface area contributed by atoms with E-state index in [1.807, 2.05) is 66.2 Å². The summed E-state index contributed by atoms with van der Waals surface area (Å²) in [7, 11) is 0. The van der Waals surface area contributed by atoms with Crippen LogP contribution in [-0.4, -0.2) is 15.9 Å². The third-order valence-corrected chi connectivity index (χ3v) is 6.37. The molecule has 4 nitrogen and oxygen atoms in total. The predicted octanol–water partition coefficient (Wildman–Crippen LogP) is 5.75. The number of nitrogens with zero attached hydrogens (tertiary/aromatic N) is 2. The van der Waals surface area contributed by atoms with E-state index in [-0.39, 0.29) is 11.9 Å². The average Bonchev–Trinajstić information content (AvgIpc) is 3.37. The van der Waals surface area contributed by atoms with Crippen LogP contribution in [0, 0.1) is 6.92 Å². The van der Waals surface area contributed by atoms with Crippen LogP contribution in [0.5, 0.6) is 0 Å². The molecule has 0 radical (unpaired) electrons. The molecule has 0 aliphatic carbocycles. The van der Waals surface area contributed by atoms with Gasteiger partial charge in [-0.25, -0.2) is 4.98 Å². The van der Waals surface area contributed by atoms with Crippen LogP contribution < -0.4 is 5.32 Å². The monoisotopic (exact) mass is 425 g/mol. The molecule has 0 saturated heterocycles. The number of carbonyl (C=O) groups excluding carboxylic acids is 1. The van der Waals surface area contributed by atoms with Crippen LogP contribution in [0.4, 0.5) is 0 Å². The SMILES string of the molecule is Cc1nc(-c2ccccn2)sc1C(=O)NC(c1ccc(Cl)cc1)c1ccsc1. The number of carbonyl (C=O) groups is 1. The Morgan fingerprint density at radius 1 is 1.11 bits per heavy atom. The van der Waals surface area contributed by atoms with E-state index in [2.05, 4.69) is 15.3 Å². The minimum absolute atomic E-state index is 0.150. The lowest BCUT2D eigenvalue weighted by Gasteiger charge is -2.18. The van der Waals surface area contributed by atoms with Crippen molar-refractivity contribution in [3.05, 3.63) is 92.2 Å². The topological polar surface area (TPSA) is 54.9 Å². The van der Waals surface area contributed by atoms with Crippen molar-refractivity contribution in [1.82, 2.24) is 15.3 Å². The van der Waals surface area contributed by atoms with E-state index in [0.29, 0.717) is 15.6 Å². The second-order valence-electron chi connectivity index (χ2n) is 6.16. The summed E-state index contributed by atoms with van der Waals surface area (Å²) in [5.74, 6) is -0.150. The highest BCUT2D eigenvalue weighted by Crippen LogP contribution is 2.29. The molecule has 28 heavy (non-hydrogen) atoms. The molecule has 0 aliphatic rings. The maximum absolute atomic E-state index is 13.1. The molecule has 1 unspecified atom stereocenters. The van der Waals surface area contributed by atoms with Gasteiger partial charge in [0.2, 0.25) is 0 Å². The second-order valence-corrected chi connectivity index (χ2v) is 8.38. The van der Waals surface area contributed by atoms with E-state index in [9.17, 15) is 4.79 Å². The van der Waals surface area contributed by atoms with Gasteiger partial charge in [0.15, 0.2) is 0 Å². The fraction of sp³-hybridized carbons (Fsp3) is 0.0952.